The standard InChI is InChI=1S/C19H18N4O2/c1-12(2)9-19(24)21-17-7-8-18-20-11-14(23(18)22-17)16-10-13-5-3-4-6-15(13)25-16/h3-8,10-12H,9H2,1-2H3,(H,21,22,24). The summed E-state index contributed by atoms with van der Waals surface area (Å²) in [7, 11) is 0. The van der Waals surface area contributed by atoms with Gasteiger partial charge in [-0.2, -0.15) is 0 Å². The number of fused-ring (bicyclic) bond motifs is 2. The van der Waals surface area contributed by atoms with Crippen LogP contribution in [0.2, 0.25) is 0 Å². The lowest BCUT2D eigenvalue weighted by atomic mass is 10.1. The van der Waals surface area contributed by atoms with Crippen LogP contribution in [0.4, 0.5) is 5.82 Å². The van der Waals surface area contributed by atoms with E-state index < -0.39 is 0 Å². The average Bonchev–Trinajstić information content (AvgIpc) is 3.16. The van der Waals surface area contributed by atoms with E-state index in [-0.39, 0.29) is 5.91 Å². The van der Waals surface area contributed by atoms with E-state index in [0.29, 0.717) is 29.6 Å². The molecule has 1 amide bonds. The molecule has 0 saturated carbocycles. The number of aromatic nitrogens is 3. The lowest BCUT2D eigenvalue weighted by Gasteiger charge is -2.07. The highest BCUT2D eigenvalue weighted by molar-refractivity contribution is 5.90. The van der Waals surface area contributed by atoms with Crippen molar-refractivity contribution in [1.82, 2.24) is 14.6 Å². The van der Waals surface area contributed by atoms with E-state index in [2.05, 4.69) is 15.4 Å². The smallest absolute Gasteiger partial charge is 0.225 e. The minimum atomic E-state index is -0.0488. The largest absolute Gasteiger partial charge is 0.454 e. The van der Waals surface area contributed by atoms with Gasteiger partial charge in [0.05, 0.1) is 6.20 Å². The van der Waals surface area contributed by atoms with Crippen molar-refractivity contribution in [3.05, 3.63) is 48.7 Å². The zero-order valence-corrected chi connectivity index (χ0v) is 14.1. The van der Waals surface area contributed by atoms with Gasteiger partial charge in [0.25, 0.3) is 0 Å². The Hall–Kier alpha value is -3.15. The summed E-state index contributed by atoms with van der Waals surface area (Å²) in [4.78, 5) is 16.3. The minimum absolute atomic E-state index is 0.0488. The molecule has 0 saturated heterocycles. The maximum Gasteiger partial charge on any atom is 0.225 e. The first-order valence-electron chi connectivity index (χ1n) is 8.24. The first-order chi connectivity index (χ1) is 12.1. The number of furan rings is 1. The average molecular weight is 334 g/mol. The number of carbonyl (C=O) groups is 1. The summed E-state index contributed by atoms with van der Waals surface area (Å²) in [5.41, 5.74) is 2.25. The molecule has 6 heteroatoms. The molecule has 0 unspecified atom stereocenters. The number of hydrogen-bond donors (Lipinski definition) is 1. The third-order valence-electron chi connectivity index (χ3n) is 3.90. The van der Waals surface area contributed by atoms with Crippen LogP contribution in [0.5, 0.6) is 0 Å². The lowest BCUT2D eigenvalue weighted by Crippen LogP contribution is -2.15. The van der Waals surface area contributed by atoms with Crippen LogP contribution in [0.1, 0.15) is 20.3 Å². The second-order valence-electron chi connectivity index (χ2n) is 6.43. The van der Waals surface area contributed by atoms with Crippen molar-refractivity contribution in [1.29, 1.82) is 0 Å². The van der Waals surface area contributed by atoms with Gasteiger partial charge in [0.2, 0.25) is 5.91 Å². The molecule has 0 bridgehead atoms. The number of rotatable bonds is 4. The molecule has 6 nitrogen and oxygen atoms in total. The fraction of sp³-hybridized carbons (Fsp3) is 0.211. The molecule has 4 aromatic rings. The molecule has 0 aliphatic rings. The minimum Gasteiger partial charge on any atom is -0.454 e. The molecule has 0 aliphatic carbocycles. The fourth-order valence-electron chi connectivity index (χ4n) is 2.78. The van der Waals surface area contributed by atoms with Crippen molar-refractivity contribution < 1.29 is 9.21 Å². The first kappa shape index (κ1) is 15.4. The molecular formula is C19H18N4O2. The number of benzene rings is 1. The fourth-order valence-corrected chi connectivity index (χ4v) is 2.78. The zero-order valence-electron chi connectivity index (χ0n) is 14.1. The molecule has 0 atom stereocenters. The number of nitrogens with one attached hydrogen (secondary N) is 1. The van der Waals surface area contributed by atoms with Crippen molar-refractivity contribution >= 4 is 28.3 Å². The van der Waals surface area contributed by atoms with Crippen LogP contribution in [-0.2, 0) is 4.79 Å². The van der Waals surface area contributed by atoms with Crippen LogP contribution < -0.4 is 5.32 Å². The van der Waals surface area contributed by atoms with Gasteiger partial charge in [-0.15, -0.1) is 5.10 Å². The van der Waals surface area contributed by atoms with Crippen LogP contribution in [0.25, 0.3) is 28.1 Å². The van der Waals surface area contributed by atoms with Gasteiger partial charge in [0, 0.05) is 11.8 Å². The predicted molar refractivity (Wildman–Crippen MR) is 96.3 cm³/mol. The van der Waals surface area contributed by atoms with E-state index in [1.54, 1.807) is 16.8 Å². The Labute approximate surface area is 144 Å². The van der Waals surface area contributed by atoms with Crippen molar-refractivity contribution in [2.45, 2.75) is 20.3 Å². The molecule has 0 spiro atoms. The molecular weight excluding hydrogens is 316 g/mol. The molecule has 0 fully saturated rings. The Bertz CT molecular complexity index is 1030. The Morgan fingerprint density at radius 3 is 2.88 bits per heavy atom. The Balaban J connectivity index is 1.72. The van der Waals surface area contributed by atoms with Gasteiger partial charge < -0.3 is 9.73 Å². The number of para-hydroxylation sites is 1. The number of nitrogens with zero attached hydrogens (tertiary/aromatic N) is 3. The number of imidazole rings is 1. The monoisotopic (exact) mass is 334 g/mol. The molecule has 25 heavy (non-hydrogen) atoms. The summed E-state index contributed by atoms with van der Waals surface area (Å²) in [6.45, 7) is 4.01. The number of hydrogen-bond acceptors (Lipinski definition) is 4. The van der Waals surface area contributed by atoms with Gasteiger partial charge in [-0.3, -0.25) is 4.79 Å². The molecule has 0 aliphatic heterocycles. The normalized spacial score (nSPS) is 11.5. The van der Waals surface area contributed by atoms with E-state index >= 15 is 0 Å². The van der Waals surface area contributed by atoms with Gasteiger partial charge >= 0.3 is 0 Å². The predicted octanol–water partition coefficient (Wildman–Crippen LogP) is 4.13. The van der Waals surface area contributed by atoms with Crippen LogP contribution in [-0.4, -0.2) is 20.5 Å². The first-order valence-corrected chi connectivity index (χ1v) is 8.24. The van der Waals surface area contributed by atoms with Gasteiger partial charge in [-0.1, -0.05) is 32.0 Å². The maximum absolute atomic E-state index is 12.0. The molecule has 3 aromatic heterocycles. The number of amides is 1. The summed E-state index contributed by atoms with van der Waals surface area (Å²) in [5, 5.41) is 8.34. The Morgan fingerprint density at radius 2 is 2.08 bits per heavy atom. The van der Waals surface area contributed by atoms with Gasteiger partial charge in [0.15, 0.2) is 17.2 Å². The Morgan fingerprint density at radius 1 is 1.24 bits per heavy atom. The summed E-state index contributed by atoms with van der Waals surface area (Å²) < 4.78 is 7.59. The van der Waals surface area contributed by atoms with Crippen LogP contribution >= 0.6 is 0 Å². The van der Waals surface area contributed by atoms with Crippen molar-refractivity contribution in [2.24, 2.45) is 5.92 Å². The quantitative estimate of drug-likeness (QED) is 0.609. The highest BCUT2D eigenvalue weighted by atomic mass is 16.3. The molecule has 126 valence electrons. The summed E-state index contributed by atoms with van der Waals surface area (Å²) in [6, 6.07) is 13.4. The molecule has 1 N–H and O–H groups in total. The second-order valence-corrected chi connectivity index (χ2v) is 6.43. The highest BCUT2D eigenvalue weighted by Gasteiger charge is 2.13. The van der Waals surface area contributed by atoms with Gasteiger partial charge in [0.1, 0.15) is 11.3 Å². The van der Waals surface area contributed by atoms with E-state index in [0.717, 1.165) is 16.7 Å². The maximum atomic E-state index is 12.0. The summed E-state index contributed by atoms with van der Waals surface area (Å²) >= 11 is 0. The van der Waals surface area contributed by atoms with Crippen molar-refractivity contribution in [3.8, 4) is 11.5 Å². The second kappa shape index (κ2) is 6.05. The SMILES string of the molecule is CC(C)CC(=O)Nc1ccc2ncc(-c3cc4ccccc4o3)n2n1. The summed E-state index contributed by atoms with van der Waals surface area (Å²) in [6.07, 6.45) is 2.18. The third-order valence-corrected chi connectivity index (χ3v) is 3.90. The van der Waals surface area contributed by atoms with Crippen LogP contribution in [0, 0.1) is 5.92 Å². The number of anilines is 1. The number of carbonyl (C=O) groups excluding carboxylic acids is 1. The molecule has 1 aromatic carbocycles. The molecule has 4 rings (SSSR count). The van der Waals surface area contributed by atoms with Crippen LogP contribution in [0.15, 0.2) is 53.1 Å². The van der Waals surface area contributed by atoms with Gasteiger partial charge in [-0.05, 0) is 30.2 Å². The lowest BCUT2D eigenvalue weighted by molar-refractivity contribution is -0.116. The van der Waals surface area contributed by atoms with E-state index in [9.17, 15) is 4.79 Å². The van der Waals surface area contributed by atoms with E-state index in [1.165, 1.54) is 0 Å². The highest BCUT2D eigenvalue weighted by Crippen LogP contribution is 2.28. The van der Waals surface area contributed by atoms with Crippen LogP contribution in [0.3, 0.4) is 0 Å². The Kier molecular flexibility index (Phi) is 3.72. The van der Waals surface area contributed by atoms with Crippen molar-refractivity contribution in [2.75, 3.05) is 5.32 Å². The topological polar surface area (TPSA) is 72.4 Å². The van der Waals surface area contributed by atoms with E-state index in [4.69, 9.17) is 4.42 Å². The molecule has 0 radical (unpaired) electrons. The summed E-state index contributed by atoms with van der Waals surface area (Å²) in [5.74, 6) is 1.43. The molecule has 3 heterocycles. The van der Waals surface area contributed by atoms with E-state index in [1.807, 2.05) is 50.2 Å². The third kappa shape index (κ3) is 2.98. The van der Waals surface area contributed by atoms with Gasteiger partial charge in [-0.25, -0.2) is 9.50 Å². The zero-order chi connectivity index (χ0) is 17.4. The van der Waals surface area contributed by atoms with Crippen molar-refractivity contribution in [3.63, 3.8) is 0 Å².